The summed E-state index contributed by atoms with van der Waals surface area (Å²) in [5.41, 5.74) is 0. The normalized spacial score (nSPS) is 20.2. The molecule has 0 aromatic heterocycles. The van der Waals surface area contributed by atoms with Gasteiger partial charge in [0.15, 0.2) is 0 Å². The van der Waals surface area contributed by atoms with Crippen molar-refractivity contribution in [3.63, 3.8) is 0 Å². The Hall–Kier alpha value is -1.62. The van der Waals surface area contributed by atoms with Crippen LogP contribution < -0.4 is 4.74 Å². The lowest BCUT2D eigenvalue weighted by molar-refractivity contribution is -0.138. The topological polar surface area (TPSA) is 49.8 Å². The third-order valence-corrected chi connectivity index (χ3v) is 3.24. The monoisotopic (exact) mass is 267 g/mol. The molecule has 1 fully saturated rings. The molecule has 0 bridgehead atoms. The van der Waals surface area contributed by atoms with Crippen LogP contribution in [0.1, 0.15) is 12.8 Å². The van der Waals surface area contributed by atoms with Crippen molar-refractivity contribution in [2.45, 2.75) is 12.8 Å². The van der Waals surface area contributed by atoms with Gasteiger partial charge in [-0.25, -0.2) is 4.39 Å². The number of carboxylic acids is 1. The van der Waals surface area contributed by atoms with E-state index in [2.05, 4.69) is 0 Å². The fourth-order valence-electron chi connectivity index (χ4n) is 2.39. The summed E-state index contributed by atoms with van der Waals surface area (Å²) in [6, 6.07) is 6.07. The maximum atomic E-state index is 13.0. The number of halogens is 1. The Morgan fingerprint density at radius 2 is 2.37 bits per heavy atom. The first-order valence-electron chi connectivity index (χ1n) is 6.46. The van der Waals surface area contributed by atoms with Gasteiger partial charge >= 0.3 is 5.97 Å². The van der Waals surface area contributed by atoms with Gasteiger partial charge < -0.3 is 9.84 Å². The first-order valence-corrected chi connectivity index (χ1v) is 6.46. The first-order chi connectivity index (χ1) is 9.13. The number of aliphatic carboxylic acids is 1. The molecule has 0 spiro atoms. The number of carbonyl (C=O) groups is 1. The highest BCUT2D eigenvalue weighted by Gasteiger charge is 2.21. The van der Waals surface area contributed by atoms with Gasteiger partial charge in [-0.1, -0.05) is 6.07 Å². The van der Waals surface area contributed by atoms with Gasteiger partial charge in [0.2, 0.25) is 0 Å². The molecule has 0 saturated carbocycles. The van der Waals surface area contributed by atoms with Crippen LogP contribution in [-0.4, -0.2) is 42.2 Å². The van der Waals surface area contributed by atoms with Crippen LogP contribution in [0.2, 0.25) is 0 Å². The summed E-state index contributed by atoms with van der Waals surface area (Å²) in [5, 5.41) is 8.78. The molecular formula is C14H18FNO3. The molecule has 1 aromatic rings. The van der Waals surface area contributed by atoms with Gasteiger partial charge in [0.1, 0.15) is 11.6 Å². The van der Waals surface area contributed by atoms with E-state index in [0.717, 1.165) is 25.9 Å². The Morgan fingerprint density at radius 1 is 1.53 bits per heavy atom. The molecule has 1 unspecified atom stereocenters. The van der Waals surface area contributed by atoms with Crippen LogP contribution in [0.15, 0.2) is 24.3 Å². The Balaban J connectivity index is 1.81. The second-order valence-corrected chi connectivity index (χ2v) is 4.91. The summed E-state index contributed by atoms with van der Waals surface area (Å²) in [7, 11) is 0. The van der Waals surface area contributed by atoms with E-state index in [-0.39, 0.29) is 12.4 Å². The molecule has 1 saturated heterocycles. The van der Waals surface area contributed by atoms with E-state index >= 15 is 0 Å². The van der Waals surface area contributed by atoms with Gasteiger partial charge in [-0.05, 0) is 31.5 Å². The fourth-order valence-corrected chi connectivity index (χ4v) is 2.39. The number of hydrogen-bond acceptors (Lipinski definition) is 3. The lowest BCUT2D eigenvalue weighted by atomic mass is 9.99. The number of likely N-dealkylation sites (tertiary alicyclic amines) is 1. The summed E-state index contributed by atoms with van der Waals surface area (Å²) in [6.45, 7) is 2.13. The van der Waals surface area contributed by atoms with Crippen LogP contribution in [0, 0.1) is 11.7 Å². The van der Waals surface area contributed by atoms with E-state index in [1.54, 1.807) is 12.1 Å². The molecule has 0 radical (unpaired) electrons. The standard InChI is InChI=1S/C14H18FNO3/c15-12-4-1-5-13(7-12)19-10-11-3-2-6-16(8-11)9-14(17)18/h1,4-5,7,11H,2-3,6,8-10H2,(H,17,18). The van der Waals surface area contributed by atoms with Crippen molar-refractivity contribution in [1.82, 2.24) is 4.90 Å². The van der Waals surface area contributed by atoms with Crippen molar-refractivity contribution in [2.24, 2.45) is 5.92 Å². The second-order valence-electron chi connectivity index (χ2n) is 4.91. The number of piperidine rings is 1. The predicted octanol–water partition coefficient (Wildman–Crippen LogP) is 2.00. The third kappa shape index (κ3) is 4.52. The Labute approximate surface area is 111 Å². The molecular weight excluding hydrogens is 249 g/mol. The zero-order chi connectivity index (χ0) is 13.7. The molecule has 4 nitrogen and oxygen atoms in total. The summed E-state index contributed by atoms with van der Waals surface area (Å²) in [6.07, 6.45) is 2.00. The number of nitrogens with zero attached hydrogens (tertiary/aromatic N) is 1. The lowest BCUT2D eigenvalue weighted by Gasteiger charge is -2.31. The summed E-state index contributed by atoms with van der Waals surface area (Å²) in [4.78, 5) is 12.6. The minimum atomic E-state index is -0.799. The second kappa shape index (κ2) is 6.52. The zero-order valence-electron chi connectivity index (χ0n) is 10.7. The van der Waals surface area contributed by atoms with E-state index in [1.807, 2.05) is 4.90 Å². The van der Waals surface area contributed by atoms with E-state index in [1.165, 1.54) is 12.1 Å². The predicted molar refractivity (Wildman–Crippen MR) is 68.7 cm³/mol. The Morgan fingerprint density at radius 3 is 3.11 bits per heavy atom. The molecule has 1 N–H and O–H groups in total. The van der Waals surface area contributed by atoms with Gasteiger partial charge in [0.05, 0.1) is 13.2 Å². The van der Waals surface area contributed by atoms with Crippen LogP contribution in [0.4, 0.5) is 4.39 Å². The molecule has 19 heavy (non-hydrogen) atoms. The molecule has 1 atom stereocenters. The number of benzene rings is 1. The molecule has 0 aliphatic carbocycles. The van der Waals surface area contributed by atoms with Gasteiger partial charge in [0, 0.05) is 18.5 Å². The minimum absolute atomic E-state index is 0.0798. The van der Waals surface area contributed by atoms with Crippen LogP contribution in [0.5, 0.6) is 5.75 Å². The molecule has 1 aliphatic heterocycles. The molecule has 0 amide bonds. The number of hydrogen-bond donors (Lipinski definition) is 1. The summed E-state index contributed by atoms with van der Waals surface area (Å²) in [5.74, 6) is -0.285. The molecule has 1 aromatic carbocycles. The van der Waals surface area contributed by atoms with Crippen molar-refractivity contribution in [2.75, 3.05) is 26.2 Å². The third-order valence-electron chi connectivity index (χ3n) is 3.24. The highest BCUT2D eigenvalue weighted by molar-refractivity contribution is 5.69. The van der Waals surface area contributed by atoms with Crippen molar-refractivity contribution in [3.05, 3.63) is 30.1 Å². The highest BCUT2D eigenvalue weighted by atomic mass is 19.1. The van der Waals surface area contributed by atoms with Crippen LogP contribution >= 0.6 is 0 Å². The Bertz CT molecular complexity index is 438. The van der Waals surface area contributed by atoms with Crippen LogP contribution in [0.3, 0.4) is 0 Å². The van der Waals surface area contributed by atoms with Crippen LogP contribution in [0.25, 0.3) is 0 Å². The van der Waals surface area contributed by atoms with Gasteiger partial charge in [0.25, 0.3) is 0 Å². The van der Waals surface area contributed by atoms with Gasteiger partial charge in [-0.3, -0.25) is 9.69 Å². The number of ether oxygens (including phenoxy) is 1. The largest absolute Gasteiger partial charge is 0.493 e. The van der Waals surface area contributed by atoms with Crippen molar-refractivity contribution in [3.8, 4) is 5.75 Å². The Kier molecular flexibility index (Phi) is 4.74. The molecule has 2 rings (SSSR count). The van der Waals surface area contributed by atoms with Crippen LogP contribution in [-0.2, 0) is 4.79 Å². The lowest BCUT2D eigenvalue weighted by Crippen LogP contribution is -2.40. The average Bonchev–Trinajstić information content (AvgIpc) is 2.36. The first kappa shape index (κ1) is 13.8. The van der Waals surface area contributed by atoms with E-state index in [4.69, 9.17) is 9.84 Å². The highest BCUT2D eigenvalue weighted by Crippen LogP contribution is 2.19. The van der Waals surface area contributed by atoms with Crippen molar-refractivity contribution in [1.29, 1.82) is 0 Å². The maximum Gasteiger partial charge on any atom is 0.317 e. The average molecular weight is 267 g/mol. The molecule has 104 valence electrons. The molecule has 1 aliphatic rings. The van der Waals surface area contributed by atoms with Gasteiger partial charge in [-0.15, -0.1) is 0 Å². The quantitative estimate of drug-likeness (QED) is 0.886. The van der Waals surface area contributed by atoms with E-state index in [9.17, 15) is 9.18 Å². The summed E-state index contributed by atoms with van der Waals surface area (Å²) >= 11 is 0. The van der Waals surface area contributed by atoms with E-state index in [0.29, 0.717) is 18.3 Å². The van der Waals surface area contributed by atoms with Gasteiger partial charge in [-0.2, -0.15) is 0 Å². The SMILES string of the molecule is O=C(O)CN1CCCC(COc2cccc(F)c2)C1. The smallest absolute Gasteiger partial charge is 0.317 e. The minimum Gasteiger partial charge on any atom is -0.493 e. The number of carboxylic acid groups (broad SMARTS) is 1. The summed E-state index contributed by atoms with van der Waals surface area (Å²) < 4.78 is 18.6. The fraction of sp³-hybridized carbons (Fsp3) is 0.500. The maximum absolute atomic E-state index is 13.0. The van der Waals surface area contributed by atoms with E-state index < -0.39 is 5.97 Å². The van der Waals surface area contributed by atoms with Crippen molar-refractivity contribution < 1.29 is 19.0 Å². The molecule has 5 heteroatoms. The number of rotatable bonds is 5. The molecule has 1 heterocycles. The zero-order valence-corrected chi connectivity index (χ0v) is 10.7. The van der Waals surface area contributed by atoms with Crippen molar-refractivity contribution >= 4 is 5.97 Å².